The lowest BCUT2D eigenvalue weighted by Crippen LogP contribution is -2.18. The van der Waals surface area contributed by atoms with E-state index in [-0.39, 0.29) is 6.04 Å². The first-order valence-corrected chi connectivity index (χ1v) is 6.57. The average Bonchev–Trinajstić information content (AvgIpc) is 2.36. The third-order valence-electron chi connectivity index (χ3n) is 2.74. The van der Waals surface area contributed by atoms with Crippen LogP contribution in [-0.2, 0) is 6.42 Å². The number of nitrogens with zero attached hydrogens (tertiary/aromatic N) is 1. The molecule has 2 rings (SSSR count). The quantitative estimate of drug-likeness (QED) is 0.926. The Labute approximate surface area is 118 Å². The summed E-state index contributed by atoms with van der Waals surface area (Å²) in [7, 11) is 0. The van der Waals surface area contributed by atoms with Crippen molar-refractivity contribution in [2.75, 3.05) is 0 Å². The van der Waals surface area contributed by atoms with Gasteiger partial charge in [0, 0.05) is 22.8 Å². The molecule has 0 bridgehead atoms. The van der Waals surface area contributed by atoms with Crippen molar-refractivity contribution >= 4 is 11.6 Å². The minimum Gasteiger partial charge on any atom is -0.439 e. The summed E-state index contributed by atoms with van der Waals surface area (Å²) in [4.78, 5) is 4.27. The van der Waals surface area contributed by atoms with Crippen LogP contribution in [0.5, 0.6) is 11.6 Å². The number of rotatable bonds is 4. The van der Waals surface area contributed by atoms with Crippen molar-refractivity contribution in [2.45, 2.75) is 26.3 Å². The molecule has 0 spiro atoms. The summed E-state index contributed by atoms with van der Waals surface area (Å²) < 4.78 is 5.82. The lowest BCUT2D eigenvalue weighted by atomic mass is 10.1. The Bertz CT molecular complexity index is 570. The zero-order valence-electron chi connectivity index (χ0n) is 11.1. The summed E-state index contributed by atoms with van der Waals surface area (Å²) in [6.07, 6.45) is 2.44. The highest BCUT2D eigenvalue weighted by Crippen LogP contribution is 2.27. The molecule has 1 aromatic carbocycles. The van der Waals surface area contributed by atoms with Gasteiger partial charge in [-0.05, 0) is 50.1 Å². The van der Waals surface area contributed by atoms with Gasteiger partial charge in [-0.25, -0.2) is 4.98 Å². The standard InChI is InChI=1S/C15H17ClN2O/c1-10-8-13(5-6-14(10)16)19-15-12(9-11(2)17)4-3-7-18-15/h3-8,11H,9,17H2,1-2H3. The van der Waals surface area contributed by atoms with E-state index in [2.05, 4.69) is 4.98 Å². The van der Waals surface area contributed by atoms with E-state index < -0.39 is 0 Å². The number of hydrogen-bond acceptors (Lipinski definition) is 3. The molecule has 1 aromatic heterocycles. The number of hydrogen-bond donors (Lipinski definition) is 1. The zero-order valence-corrected chi connectivity index (χ0v) is 11.8. The Hall–Kier alpha value is -1.58. The molecule has 100 valence electrons. The van der Waals surface area contributed by atoms with Gasteiger partial charge in [0.1, 0.15) is 5.75 Å². The Balaban J connectivity index is 2.25. The van der Waals surface area contributed by atoms with Crippen LogP contribution in [0.2, 0.25) is 5.02 Å². The second-order valence-corrected chi connectivity index (χ2v) is 5.07. The molecule has 1 atom stereocenters. The number of nitrogens with two attached hydrogens (primary N) is 1. The van der Waals surface area contributed by atoms with E-state index in [0.29, 0.717) is 5.88 Å². The maximum Gasteiger partial charge on any atom is 0.222 e. The lowest BCUT2D eigenvalue weighted by molar-refractivity contribution is 0.453. The molecule has 0 aliphatic heterocycles. The van der Waals surface area contributed by atoms with Crippen LogP contribution in [0.15, 0.2) is 36.5 Å². The molecular formula is C15H17ClN2O. The second kappa shape index (κ2) is 6.04. The molecule has 0 amide bonds. The molecule has 19 heavy (non-hydrogen) atoms. The Kier molecular flexibility index (Phi) is 4.40. The van der Waals surface area contributed by atoms with Crippen molar-refractivity contribution in [1.29, 1.82) is 0 Å². The number of aryl methyl sites for hydroxylation is 1. The Morgan fingerprint density at radius 1 is 1.37 bits per heavy atom. The molecule has 4 heteroatoms. The van der Waals surface area contributed by atoms with Crippen LogP contribution in [-0.4, -0.2) is 11.0 Å². The van der Waals surface area contributed by atoms with E-state index in [0.717, 1.165) is 28.3 Å². The predicted octanol–water partition coefficient (Wildman–Crippen LogP) is 3.73. The molecule has 1 heterocycles. The molecule has 0 saturated heterocycles. The minimum atomic E-state index is 0.0681. The van der Waals surface area contributed by atoms with E-state index in [1.807, 2.05) is 44.2 Å². The largest absolute Gasteiger partial charge is 0.439 e. The maximum absolute atomic E-state index is 6.00. The third kappa shape index (κ3) is 3.69. The second-order valence-electron chi connectivity index (χ2n) is 4.66. The van der Waals surface area contributed by atoms with Crippen molar-refractivity contribution in [3.05, 3.63) is 52.7 Å². The summed E-state index contributed by atoms with van der Waals surface area (Å²) >= 11 is 6.00. The highest BCUT2D eigenvalue weighted by molar-refractivity contribution is 6.31. The first-order chi connectivity index (χ1) is 9.06. The summed E-state index contributed by atoms with van der Waals surface area (Å²) in [5.41, 5.74) is 7.81. The van der Waals surface area contributed by atoms with Crippen LogP contribution in [0, 0.1) is 6.92 Å². The highest BCUT2D eigenvalue weighted by Gasteiger charge is 2.08. The highest BCUT2D eigenvalue weighted by atomic mass is 35.5. The smallest absolute Gasteiger partial charge is 0.222 e. The molecule has 0 aliphatic rings. The van der Waals surface area contributed by atoms with Gasteiger partial charge in [-0.1, -0.05) is 17.7 Å². The van der Waals surface area contributed by atoms with Gasteiger partial charge >= 0.3 is 0 Å². The molecular weight excluding hydrogens is 260 g/mol. The Morgan fingerprint density at radius 3 is 2.84 bits per heavy atom. The fourth-order valence-electron chi connectivity index (χ4n) is 1.81. The van der Waals surface area contributed by atoms with Crippen LogP contribution in [0.3, 0.4) is 0 Å². The van der Waals surface area contributed by atoms with Gasteiger partial charge in [0.25, 0.3) is 0 Å². The number of aromatic nitrogens is 1. The van der Waals surface area contributed by atoms with Crippen LogP contribution in [0.1, 0.15) is 18.1 Å². The van der Waals surface area contributed by atoms with E-state index in [4.69, 9.17) is 22.1 Å². The van der Waals surface area contributed by atoms with Gasteiger partial charge in [-0.15, -0.1) is 0 Å². The number of pyridine rings is 1. The monoisotopic (exact) mass is 276 g/mol. The van der Waals surface area contributed by atoms with Crippen LogP contribution in [0.25, 0.3) is 0 Å². The Morgan fingerprint density at radius 2 is 2.16 bits per heavy atom. The number of ether oxygens (including phenoxy) is 1. The SMILES string of the molecule is Cc1cc(Oc2ncccc2CC(C)N)ccc1Cl. The van der Waals surface area contributed by atoms with Crippen molar-refractivity contribution in [2.24, 2.45) is 5.73 Å². The first kappa shape index (κ1) is 13.8. The van der Waals surface area contributed by atoms with E-state index >= 15 is 0 Å². The summed E-state index contributed by atoms with van der Waals surface area (Å²) in [6.45, 7) is 3.90. The predicted molar refractivity (Wildman–Crippen MR) is 77.9 cm³/mol. The molecule has 2 N–H and O–H groups in total. The van der Waals surface area contributed by atoms with Crippen LogP contribution >= 0.6 is 11.6 Å². The van der Waals surface area contributed by atoms with Crippen molar-refractivity contribution in [3.63, 3.8) is 0 Å². The van der Waals surface area contributed by atoms with Gasteiger partial charge in [0.05, 0.1) is 0 Å². The summed E-state index contributed by atoms with van der Waals surface area (Å²) in [6, 6.07) is 9.48. The molecule has 2 aromatic rings. The van der Waals surface area contributed by atoms with Gasteiger partial charge in [-0.2, -0.15) is 0 Å². The van der Waals surface area contributed by atoms with Crippen molar-refractivity contribution in [3.8, 4) is 11.6 Å². The van der Waals surface area contributed by atoms with Gasteiger partial charge < -0.3 is 10.5 Å². The van der Waals surface area contributed by atoms with Crippen molar-refractivity contribution in [1.82, 2.24) is 4.98 Å². The fraction of sp³-hybridized carbons (Fsp3) is 0.267. The number of benzene rings is 1. The van der Waals surface area contributed by atoms with Crippen LogP contribution in [0.4, 0.5) is 0 Å². The number of halogens is 1. The minimum absolute atomic E-state index is 0.0681. The summed E-state index contributed by atoms with van der Waals surface area (Å²) in [5.74, 6) is 1.33. The van der Waals surface area contributed by atoms with E-state index in [1.54, 1.807) is 6.20 Å². The van der Waals surface area contributed by atoms with Gasteiger partial charge in [-0.3, -0.25) is 0 Å². The van der Waals surface area contributed by atoms with E-state index in [9.17, 15) is 0 Å². The zero-order chi connectivity index (χ0) is 13.8. The molecule has 0 fully saturated rings. The normalized spacial score (nSPS) is 12.2. The fourth-order valence-corrected chi connectivity index (χ4v) is 1.93. The van der Waals surface area contributed by atoms with E-state index in [1.165, 1.54) is 0 Å². The average molecular weight is 277 g/mol. The third-order valence-corrected chi connectivity index (χ3v) is 3.16. The van der Waals surface area contributed by atoms with Crippen molar-refractivity contribution < 1.29 is 4.74 Å². The summed E-state index contributed by atoms with van der Waals surface area (Å²) in [5, 5.41) is 0.726. The topological polar surface area (TPSA) is 48.1 Å². The lowest BCUT2D eigenvalue weighted by Gasteiger charge is -2.12. The molecule has 0 aliphatic carbocycles. The molecule has 0 radical (unpaired) electrons. The maximum atomic E-state index is 6.00. The van der Waals surface area contributed by atoms with Gasteiger partial charge in [0.15, 0.2) is 0 Å². The van der Waals surface area contributed by atoms with Crippen LogP contribution < -0.4 is 10.5 Å². The molecule has 3 nitrogen and oxygen atoms in total. The molecule has 1 unspecified atom stereocenters. The molecule has 0 saturated carbocycles. The first-order valence-electron chi connectivity index (χ1n) is 6.19. The van der Waals surface area contributed by atoms with Gasteiger partial charge in [0.2, 0.25) is 5.88 Å².